The van der Waals surface area contributed by atoms with Gasteiger partial charge in [0, 0.05) is 18.2 Å². The molecular weight excluding hydrogens is 332 g/mol. The predicted octanol–water partition coefficient (Wildman–Crippen LogP) is 1.98. The quantitative estimate of drug-likeness (QED) is 0.382. The number of hydrogen-bond donors (Lipinski definition) is 0. The van der Waals surface area contributed by atoms with Gasteiger partial charge in [-0.1, -0.05) is 30.3 Å². The highest BCUT2D eigenvalue weighted by Gasteiger charge is 2.45. The summed E-state index contributed by atoms with van der Waals surface area (Å²) >= 11 is 0. The van der Waals surface area contributed by atoms with Crippen molar-refractivity contribution in [2.24, 2.45) is 0 Å². The molecule has 0 bridgehead atoms. The number of hydrogen-bond acceptors (Lipinski definition) is 6. The average Bonchev–Trinajstić information content (AvgIpc) is 2.52. The second-order valence-electron chi connectivity index (χ2n) is 5.73. The Morgan fingerprint density at radius 3 is 2.21 bits per heavy atom. The molecule has 0 aliphatic rings. The van der Waals surface area contributed by atoms with Gasteiger partial charge < -0.3 is 4.74 Å². The van der Waals surface area contributed by atoms with Crippen molar-refractivity contribution in [2.45, 2.75) is 37.9 Å². The number of rotatable bonds is 9. The smallest absolute Gasteiger partial charge is 0.327 e. The van der Waals surface area contributed by atoms with E-state index in [-0.39, 0.29) is 31.7 Å². The molecule has 0 fully saturated rings. The number of ether oxygens (including phenoxy) is 1. The normalized spacial score (nSPS) is 13.8. The van der Waals surface area contributed by atoms with Gasteiger partial charge in [-0.05, 0) is 20.3 Å². The lowest BCUT2D eigenvalue weighted by Gasteiger charge is -2.24. The van der Waals surface area contributed by atoms with Crippen LogP contribution in [0.5, 0.6) is 0 Å². The minimum atomic E-state index is -3.77. The molecule has 1 aromatic carbocycles. The first-order valence-electron chi connectivity index (χ1n) is 7.58. The first-order chi connectivity index (χ1) is 11.1. The van der Waals surface area contributed by atoms with Gasteiger partial charge in [-0.2, -0.15) is 0 Å². The van der Waals surface area contributed by atoms with Crippen LogP contribution in [0.4, 0.5) is 0 Å². The molecule has 0 saturated carbocycles. The van der Waals surface area contributed by atoms with E-state index in [9.17, 15) is 22.8 Å². The molecule has 0 aliphatic heterocycles. The minimum absolute atomic E-state index is 0.0460. The zero-order valence-electron chi connectivity index (χ0n) is 14.1. The summed E-state index contributed by atoms with van der Waals surface area (Å²) in [6, 6.07) is 8.36. The second kappa shape index (κ2) is 8.19. The molecule has 7 heteroatoms. The van der Waals surface area contributed by atoms with Gasteiger partial charge in [-0.15, -0.1) is 0 Å². The van der Waals surface area contributed by atoms with Crippen molar-refractivity contribution in [3.63, 3.8) is 0 Å². The summed E-state index contributed by atoms with van der Waals surface area (Å²) in [6.45, 7) is 2.86. The molecule has 132 valence electrons. The molecule has 0 amide bonds. The van der Waals surface area contributed by atoms with Gasteiger partial charge in [-0.3, -0.25) is 14.4 Å². The first-order valence-corrected chi connectivity index (χ1v) is 9.47. The predicted molar refractivity (Wildman–Crippen MR) is 89.5 cm³/mol. The van der Waals surface area contributed by atoms with Gasteiger partial charge in [0.05, 0.1) is 13.0 Å². The highest BCUT2D eigenvalue weighted by molar-refractivity contribution is 7.92. The summed E-state index contributed by atoms with van der Waals surface area (Å²) in [4.78, 5) is 36.0. The maximum Gasteiger partial charge on any atom is 0.327 e. The molecule has 0 radical (unpaired) electrons. The van der Waals surface area contributed by atoms with E-state index in [0.29, 0.717) is 5.56 Å². The van der Waals surface area contributed by atoms with Crippen molar-refractivity contribution in [3.8, 4) is 0 Å². The van der Waals surface area contributed by atoms with Gasteiger partial charge in [0.1, 0.15) is 5.78 Å². The van der Waals surface area contributed by atoms with Crippen molar-refractivity contribution in [1.82, 2.24) is 0 Å². The molecule has 1 unspecified atom stereocenters. The van der Waals surface area contributed by atoms with Crippen LogP contribution in [0.2, 0.25) is 0 Å². The van der Waals surface area contributed by atoms with E-state index in [2.05, 4.69) is 0 Å². The Labute approximate surface area is 142 Å². The molecule has 0 spiro atoms. The van der Waals surface area contributed by atoms with Crippen LogP contribution in [-0.2, 0) is 24.2 Å². The van der Waals surface area contributed by atoms with Crippen molar-refractivity contribution in [1.29, 1.82) is 0 Å². The Hall–Kier alpha value is -2.02. The van der Waals surface area contributed by atoms with E-state index in [4.69, 9.17) is 4.74 Å². The molecule has 24 heavy (non-hydrogen) atoms. The third kappa shape index (κ3) is 4.99. The van der Waals surface area contributed by atoms with Gasteiger partial charge in [0.25, 0.3) is 0 Å². The number of esters is 1. The molecular formula is C17H22O6S. The zero-order chi connectivity index (χ0) is 18.4. The van der Waals surface area contributed by atoms with E-state index in [0.717, 1.165) is 6.26 Å². The topological polar surface area (TPSA) is 94.6 Å². The first kappa shape index (κ1) is 20.0. The summed E-state index contributed by atoms with van der Waals surface area (Å²) in [5.41, 5.74) is 0.419. The molecule has 0 saturated heterocycles. The maximum absolute atomic E-state index is 12.0. The summed E-state index contributed by atoms with van der Waals surface area (Å²) in [5.74, 6) is -1.63. The van der Waals surface area contributed by atoms with Gasteiger partial charge in [-0.25, -0.2) is 8.42 Å². The Bertz CT molecular complexity index is 708. The van der Waals surface area contributed by atoms with E-state index in [1.807, 2.05) is 0 Å². The fraction of sp³-hybridized carbons (Fsp3) is 0.471. The Morgan fingerprint density at radius 2 is 1.71 bits per heavy atom. The van der Waals surface area contributed by atoms with Crippen LogP contribution >= 0.6 is 0 Å². The van der Waals surface area contributed by atoms with E-state index < -0.39 is 26.3 Å². The highest BCUT2D eigenvalue weighted by atomic mass is 32.2. The lowest BCUT2D eigenvalue weighted by atomic mass is 9.98. The molecule has 1 aromatic rings. The lowest BCUT2D eigenvalue weighted by molar-refractivity contribution is -0.146. The number of carbonyl (C=O) groups excluding carboxylic acids is 3. The number of ketones is 2. The van der Waals surface area contributed by atoms with Gasteiger partial charge in [0.15, 0.2) is 20.4 Å². The summed E-state index contributed by atoms with van der Waals surface area (Å²) < 4.78 is 26.9. The number of carbonyl (C=O) groups is 3. The number of Topliss-reactive ketones (excluding diaryl/α,β-unsaturated/α-hetero) is 2. The summed E-state index contributed by atoms with van der Waals surface area (Å²) in [7, 11) is -3.77. The zero-order valence-corrected chi connectivity index (χ0v) is 14.9. The Kier molecular flexibility index (Phi) is 6.83. The van der Waals surface area contributed by atoms with Crippen molar-refractivity contribution in [3.05, 3.63) is 35.9 Å². The summed E-state index contributed by atoms with van der Waals surface area (Å²) in [5, 5.41) is 0. The van der Waals surface area contributed by atoms with Crippen LogP contribution in [0.1, 0.15) is 43.5 Å². The van der Waals surface area contributed by atoms with E-state index >= 15 is 0 Å². The largest absolute Gasteiger partial charge is 0.465 e. The van der Waals surface area contributed by atoms with Gasteiger partial charge >= 0.3 is 5.97 Å². The van der Waals surface area contributed by atoms with Crippen molar-refractivity contribution in [2.75, 3.05) is 12.9 Å². The summed E-state index contributed by atoms with van der Waals surface area (Å²) in [6.07, 6.45) is 0.197. The fourth-order valence-electron chi connectivity index (χ4n) is 2.09. The van der Waals surface area contributed by atoms with Crippen LogP contribution in [0, 0.1) is 0 Å². The molecule has 0 aliphatic carbocycles. The molecule has 6 nitrogen and oxygen atoms in total. The van der Waals surface area contributed by atoms with E-state index in [1.165, 1.54) is 6.92 Å². The molecule has 0 aromatic heterocycles. The van der Waals surface area contributed by atoms with Crippen LogP contribution in [0.3, 0.4) is 0 Å². The highest BCUT2D eigenvalue weighted by Crippen LogP contribution is 2.25. The third-order valence-corrected chi connectivity index (χ3v) is 5.87. The standard InChI is InChI=1S/C17H22O6S/c1-4-23-16(20)17(2,24(3,21)22)11-10-14(18)12-15(19)13-8-6-5-7-9-13/h5-9H,4,10-12H2,1-3H3. The molecule has 1 rings (SSSR count). The number of sulfone groups is 1. The Balaban J connectivity index is 2.75. The van der Waals surface area contributed by atoms with Crippen molar-refractivity contribution >= 4 is 27.4 Å². The fourth-order valence-corrected chi connectivity index (χ4v) is 2.93. The molecule has 0 heterocycles. The second-order valence-corrected chi connectivity index (χ2v) is 8.17. The maximum atomic E-state index is 12.0. The van der Waals surface area contributed by atoms with E-state index in [1.54, 1.807) is 37.3 Å². The molecule has 1 atom stereocenters. The number of benzene rings is 1. The lowest BCUT2D eigenvalue weighted by Crippen LogP contribution is -2.44. The molecule has 0 N–H and O–H groups in total. The van der Waals surface area contributed by atoms with Crippen molar-refractivity contribution < 1.29 is 27.5 Å². The van der Waals surface area contributed by atoms with Crippen LogP contribution in [0.15, 0.2) is 30.3 Å². The van der Waals surface area contributed by atoms with Gasteiger partial charge in [0.2, 0.25) is 0 Å². The monoisotopic (exact) mass is 354 g/mol. The minimum Gasteiger partial charge on any atom is -0.465 e. The van der Waals surface area contributed by atoms with Crippen LogP contribution in [-0.4, -0.2) is 43.6 Å². The van der Waals surface area contributed by atoms with Crippen LogP contribution < -0.4 is 0 Å². The average molecular weight is 354 g/mol. The Morgan fingerprint density at radius 1 is 1.12 bits per heavy atom. The van der Waals surface area contributed by atoms with Crippen LogP contribution in [0.25, 0.3) is 0 Å². The third-order valence-electron chi connectivity index (χ3n) is 3.86. The SMILES string of the molecule is CCOC(=O)C(C)(CCC(=O)CC(=O)c1ccccc1)S(C)(=O)=O.